The predicted octanol–water partition coefficient (Wildman–Crippen LogP) is 3.71. The molecule has 1 aliphatic heterocycles. The molecule has 0 radical (unpaired) electrons. The van der Waals surface area contributed by atoms with Crippen LogP contribution in [0.2, 0.25) is 0 Å². The molecular weight excluding hydrogens is 346 g/mol. The van der Waals surface area contributed by atoms with E-state index in [4.69, 9.17) is 5.41 Å². The SMILES string of the molecule is CN[C@@H]1CCn2c(=N)sc3cc(C(F)(F)F)cc1c32.Cl.Cl. The first kappa shape index (κ1) is 18.3. The van der Waals surface area contributed by atoms with Crippen LogP contribution in [0.5, 0.6) is 0 Å². The van der Waals surface area contributed by atoms with Gasteiger partial charge in [-0.1, -0.05) is 11.3 Å². The van der Waals surface area contributed by atoms with Crippen LogP contribution in [0.25, 0.3) is 10.2 Å². The van der Waals surface area contributed by atoms with Crippen molar-refractivity contribution in [3.05, 3.63) is 28.1 Å². The molecule has 1 aliphatic rings. The van der Waals surface area contributed by atoms with Gasteiger partial charge in [0, 0.05) is 12.6 Å². The van der Waals surface area contributed by atoms with Crippen molar-refractivity contribution in [2.45, 2.75) is 25.2 Å². The van der Waals surface area contributed by atoms with Gasteiger partial charge >= 0.3 is 6.18 Å². The molecule has 0 saturated carbocycles. The Morgan fingerprint density at radius 1 is 1.33 bits per heavy atom. The van der Waals surface area contributed by atoms with E-state index in [2.05, 4.69) is 5.32 Å². The molecule has 0 amide bonds. The van der Waals surface area contributed by atoms with Gasteiger partial charge in [0.05, 0.1) is 15.8 Å². The first-order valence-electron chi connectivity index (χ1n) is 5.88. The zero-order chi connectivity index (χ0) is 13.8. The summed E-state index contributed by atoms with van der Waals surface area (Å²) in [6.07, 6.45) is -3.65. The first-order valence-corrected chi connectivity index (χ1v) is 6.70. The molecular formula is C12H14Cl2F3N3S. The Labute approximate surface area is 135 Å². The second-order valence-electron chi connectivity index (χ2n) is 4.60. The standard InChI is InChI=1S/C12H12F3N3S.2ClH/c1-17-8-2-3-18-10-7(8)4-6(12(13,14)15)5-9(10)19-11(18)16;;/h4-5,8,16-17H,2-3H2,1H3;2*1H/t8-;;/m1../s1. The van der Waals surface area contributed by atoms with Crippen LogP contribution in [0.1, 0.15) is 23.6 Å². The van der Waals surface area contributed by atoms with Crippen molar-refractivity contribution in [2.75, 3.05) is 7.05 Å². The largest absolute Gasteiger partial charge is 0.416 e. The molecule has 1 aromatic carbocycles. The van der Waals surface area contributed by atoms with E-state index in [1.807, 2.05) is 0 Å². The fraction of sp³-hybridized carbons (Fsp3) is 0.417. The molecule has 21 heavy (non-hydrogen) atoms. The average molecular weight is 360 g/mol. The van der Waals surface area contributed by atoms with Gasteiger partial charge < -0.3 is 9.88 Å². The monoisotopic (exact) mass is 359 g/mol. The van der Waals surface area contributed by atoms with Gasteiger partial charge in [0.15, 0.2) is 4.80 Å². The second-order valence-corrected chi connectivity index (χ2v) is 5.63. The van der Waals surface area contributed by atoms with Gasteiger partial charge in [-0.3, -0.25) is 5.41 Å². The zero-order valence-electron chi connectivity index (χ0n) is 11.0. The number of rotatable bonds is 1. The van der Waals surface area contributed by atoms with E-state index in [0.29, 0.717) is 28.0 Å². The summed E-state index contributed by atoms with van der Waals surface area (Å²) in [5.41, 5.74) is 0.785. The summed E-state index contributed by atoms with van der Waals surface area (Å²) in [7, 11) is 1.75. The van der Waals surface area contributed by atoms with Crippen LogP contribution in [0.4, 0.5) is 13.2 Å². The van der Waals surface area contributed by atoms with Gasteiger partial charge in [-0.15, -0.1) is 24.8 Å². The Morgan fingerprint density at radius 3 is 2.57 bits per heavy atom. The number of hydrogen-bond acceptors (Lipinski definition) is 3. The van der Waals surface area contributed by atoms with Crippen LogP contribution in [-0.2, 0) is 12.7 Å². The molecule has 2 N–H and O–H groups in total. The third-order valence-corrected chi connectivity index (χ3v) is 4.46. The van der Waals surface area contributed by atoms with Gasteiger partial charge in [-0.2, -0.15) is 13.2 Å². The summed E-state index contributed by atoms with van der Waals surface area (Å²) in [6.45, 7) is 0.669. The summed E-state index contributed by atoms with van der Waals surface area (Å²) in [6, 6.07) is 2.28. The van der Waals surface area contributed by atoms with Crippen molar-refractivity contribution < 1.29 is 13.2 Å². The number of alkyl halides is 3. The molecule has 0 unspecified atom stereocenters. The van der Waals surface area contributed by atoms with Crippen molar-refractivity contribution in [1.82, 2.24) is 9.88 Å². The minimum Gasteiger partial charge on any atom is -0.317 e. The van der Waals surface area contributed by atoms with Crippen LogP contribution in [-0.4, -0.2) is 11.6 Å². The lowest BCUT2D eigenvalue weighted by atomic mass is 9.97. The molecule has 0 aliphatic carbocycles. The van der Waals surface area contributed by atoms with Crippen LogP contribution in [0, 0.1) is 5.41 Å². The smallest absolute Gasteiger partial charge is 0.317 e. The highest BCUT2D eigenvalue weighted by molar-refractivity contribution is 7.16. The topological polar surface area (TPSA) is 40.8 Å². The minimum absolute atomic E-state index is 0. The summed E-state index contributed by atoms with van der Waals surface area (Å²) < 4.78 is 41.1. The molecule has 2 aromatic rings. The van der Waals surface area contributed by atoms with E-state index < -0.39 is 11.7 Å². The highest BCUT2D eigenvalue weighted by Gasteiger charge is 2.33. The second kappa shape index (κ2) is 6.16. The Bertz CT molecular complexity index is 708. The Hall–Kier alpha value is -0.760. The maximum atomic E-state index is 12.9. The molecule has 0 bridgehead atoms. The summed E-state index contributed by atoms with van der Waals surface area (Å²) in [5, 5.41) is 10.9. The Balaban J connectivity index is 0.00000110. The van der Waals surface area contributed by atoms with Crippen molar-refractivity contribution in [2.24, 2.45) is 0 Å². The van der Waals surface area contributed by atoms with E-state index in [0.717, 1.165) is 22.9 Å². The number of thiazole rings is 1. The quantitative estimate of drug-likeness (QED) is 0.800. The predicted molar refractivity (Wildman–Crippen MR) is 81.6 cm³/mol. The summed E-state index contributed by atoms with van der Waals surface area (Å²) >= 11 is 1.10. The van der Waals surface area contributed by atoms with Crippen LogP contribution in [0.15, 0.2) is 12.1 Å². The lowest BCUT2D eigenvalue weighted by Crippen LogP contribution is -2.27. The number of benzene rings is 1. The molecule has 118 valence electrons. The van der Waals surface area contributed by atoms with Crippen LogP contribution < -0.4 is 10.1 Å². The van der Waals surface area contributed by atoms with Gasteiger partial charge in [0.2, 0.25) is 0 Å². The fourth-order valence-electron chi connectivity index (χ4n) is 2.61. The number of hydrogen-bond donors (Lipinski definition) is 2. The van der Waals surface area contributed by atoms with Crippen LogP contribution in [0.3, 0.4) is 0 Å². The molecule has 2 heterocycles. The number of halogens is 5. The molecule has 1 aromatic heterocycles. The number of aryl methyl sites for hydroxylation is 1. The van der Waals surface area contributed by atoms with E-state index in [9.17, 15) is 13.2 Å². The zero-order valence-corrected chi connectivity index (χ0v) is 13.4. The van der Waals surface area contributed by atoms with Gasteiger partial charge in [-0.05, 0) is 31.2 Å². The molecule has 3 nitrogen and oxygen atoms in total. The van der Waals surface area contributed by atoms with Crippen molar-refractivity contribution in [1.29, 1.82) is 5.41 Å². The summed E-state index contributed by atoms with van der Waals surface area (Å²) in [5.74, 6) is 0. The van der Waals surface area contributed by atoms with Crippen LogP contribution >= 0.6 is 36.2 Å². The molecule has 0 spiro atoms. The Morgan fingerprint density at radius 2 is 2.00 bits per heavy atom. The molecule has 3 rings (SSSR count). The lowest BCUT2D eigenvalue weighted by molar-refractivity contribution is -0.137. The normalized spacial score (nSPS) is 17.2. The minimum atomic E-state index is -4.35. The third kappa shape index (κ3) is 2.92. The van der Waals surface area contributed by atoms with E-state index in [1.165, 1.54) is 6.07 Å². The van der Waals surface area contributed by atoms with Crippen molar-refractivity contribution in [3.8, 4) is 0 Å². The molecule has 0 fully saturated rings. The number of aromatic nitrogens is 1. The maximum absolute atomic E-state index is 12.9. The average Bonchev–Trinajstić information content (AvgIpc) is 2.66. The number of nitrogens with one attached hydrogen (secondary N) is 2. The third-order valence-electron chi connectivity index (χ3n) is 3.52. The highest BCUT2D eigenvalue weighted by Crippen LogP contribution is 2.38. The van der Waals surface area contributed by atoms with Gasteiger partial charge in [-0.25, -0.2) is 0 Å². The number of nitrogens with zero attached hydrogens (tertiary/aromatic N) is 1. The molecule has 1 atom stereocenters. The van der Waals surface area contributed by atoms with Crippen molar-refractivity contribution >= 4 is 46.4 Å². The fourth-order valence-corrected chi connectivity index (χ4v) is 3.62. The maximum Gasteiger partial charge on any atom is 0.416 e. The van der Waals surface area contributed by atoms with E-state index >= 15 is 0 Å². The van der Waals surface area contributed by atoms with Gasteiger partial charge in [0.25, 0.3) is 0 Å². The van der Waals surface area contributed by atoms with E-state index in [-0.39, 0.29) is 30.9 Å². The highest BCUT2D eigenvalue weighted by atomic mass is 35.5. The van der Waals surface area contributed by atoms with Gasteiger partial charge in [0.1, 0.15) is 0 Å². The molecule has 9 heteroatoms. The summed E-state index contributed by atoms with van der Waals surface area (Å²) in [4.78, 5) is 0.310. The first-order chi connectivity index (χ1) is 8.91. The molecule has 0 saturated heterocycles. The van der Waals surface area contributed by atoms with Crippen molar-refractivity contribution in [3.63, 3.8) is 0 Å². The lowest BCUT2D eigenvalue weighted by Gasteiger charge is -2.25. The van der Waals surface area contributed by atoms with E-state index in [1.54, 1.807) is 11.6 Å². The Kier molecular flexibility index (Phi) is 5.36.